The van der Waals surface area contributed by atoms with E-state index in [1.54, 1.807) is 0 Å². The molecule has 0 saturated carbocycles. The Kier molecular flexibility index (Phi) is 6.59. The van der Waals surface area contributed by atoms with Crippen LogP contribution in [0.15, 0.2) is 30.3 Å². The first kappa shape index (κ1) is 19.8. The number of Topliss-reactive ketones (excluding diaryl/α,β-unsaturated/α-hetero) is 1. The third-order valence-electron chi connectivity index (χ3n) is 4.86. The van der Waals surface area contributed by atoms with Crippen molar-refractivity contribution in [1.82, 2.24) is 21.3 Å². The Morgan fingerprint density at radius 1 is 1.18 bits per heavy atom. The SMILES string of the molecule is O=C(NC(C(=O)NC1CCCNC(=O)C1=O)C1CNC1)OCc1ccccc1. The smallest absolute Gasteiger partial charge is 0.408 e. The Balaban J connectivity index is 1.58. The zero-order valence-corrected chi connectivity index (χ0v) is 15.4. The minimum atomic E-state index is -0.882. The fraction of sp³-hybridized carbons (Fsp3) is 0.474. The molecule has 0 bridgehead atoms. The highest BCUT2D eigenvalue weighted by atomic mass is 16.5. The van der Waals surface area contributed by atoms with Gasteiger partial charge in [-0.2, -0.15) is 0 Å². The van der Waals surface area contributed by atoms with E-state index in [0.29, 0.717) is 32.5 Å². The van der Waals surface area contributed by atoms with Crippen LogP contribution in [0.4, 0.5) is 4.79 Å². The van der Waals surface area contributed by atoms with E-state index >= 15 is 0 Å². The summed E-state index contributed by atoms with van der Waals surface area (Å²) < 4.78 is 5.19. The molecule has 2 fully saturated rings. The van der Waals surface area contributed by atoms with Crippen LogP contribution in [0.1, 0.15) is 18.4 Å². The molecule has 2 aliphatic heterocycles. The molecule has 0 radical (unpaired) electrons. The van der Waals surface area contributed by atoms with Crippen molar-refractivity contribution < 1.29 is 23.9 Å². The second-order valence-corrected chi connectivity index (χ2v) is 6.93. The summed E-state index contributed by atoms with van der Waals surface area (Å²) in [4.78, 5) is 48.7. The number of ketones is 1. The number of carbonyl (C=O) groups is 4. The number of ether oxygens (including phenoxy) is 1. The quantitative estimate of drug-likeness (QED) is 0.485. The molecule has 2 saturated heterocycles. The highest BCUT2D eigenvalue weighted by Crippen LogP contribution is 2.12. The van der Waals surface area contributed by atoms with Gasteiger partial charge in [0.1, 0.15) is 12.6 Å². The van der Waals surface area contributed by atoms with Crippen LogP contribution in [-0.4, -0.2) is 55.4 Å². The zero-order chi connectivity index (χ0) is 19.9. The minimum Gasteiger partial charge on any atom is -0.445 e. The number of hydrogen-bond donors (Lipinski definition) is 4. The molecule has 28 heavy (non-hydrogen) atoms. The van der Waals surface area contributed by atoms with Crippen molar-refractivity contribution in [1.29, 1.82) is 0 Å². The third-order valence-corrected chi connectivity index (χ3v) is 4.86. The highest BCUT2D eigenvalue weighted by molar-refractivity contribution is 6.38. The van der Waals surface area contributed by atoms with Crippen LogP contribution in [0.2, 0.25) is 0 Å². The van der Waals surface area contributed by atoms with Crippen LogP contribution in [0.25, 0.3) is 0 Å². The molecule has 3 rings (SSSR count). The van der Waals surface area contributed by atoms with Crippen molar-refractivity contribution in [2.45, 2.75) is 31.5 Å². The summed E-state index contributed by atoms with van der Waals surface area (Å²) in [6, 6.07) is 7.48. The molecular weight excluding hydrogens is 364 g/mol. The molecule has 2 unspecified atom stereocenters. The molecule has 150 valence electrons. The van der Waals surface area contributed by atoms with Gasteiger partial charge in [0, 0.05) is 25.6 Å². The number of alkyl carbamates (subject to hydrolysis) is 1. The average molecular weight is 388 g/mol. The summed E-state index contributed by atoms with van der Waals surface area (Å²) in [5.74, 6) is -1.96. The largest absolute Gasteiger partial charge is 0.445 e. The van der Waals surface area contributed by atoms with Gasteiger partial charge in [0.2, 0.25) is 11.7 Å². The predicted molar refractivity (Wildman–Crippen MR) is 99.1 cm³/mol. The fourth-order valence-corrected chi connectivity index (χ4v) is 3.12. The zero-order valence-electron chi connectivity index (χ0n) is 15.4. The summed E-state index contributed by atoms with van der Waals surface area (Å²) in [7, 11) is 0. The Hall–Kier alpha value is -2.94. The lowest BCUT2D eigenvalue weighted by Gasteiger charge is -2.34. The van der Waals surface area contributed by atoms with Crippen LogP contribution in [-0.2, 0) is 25.7 Å². The van der Waals surface area contributed by atoms with Crippen LogP contribution in [0.5, 0.6) is 0 Å². The van der Waals surface area contributed by atoms with E-state index in [1.807, 2.05) is 30.3 Å². The normalized spacial score (nSPS) is 20.9. The molecule has 1 aromatic carbocycles. The third kappa shape index (κ3) is 5.07. The van der Waals surface area contributed by atoms with Gasteiger partial charge in [-0.3, -0.25) is 14.4 Å². The van der Waals surface area contributed by atoms with Gasteiger partial charge in [-0.1, -0.05) is 30.3 Å². The number of benzene rings is 1. The lowest BCUT2D eigenvalue weighted by atomic mass is 9.92. The molecule has 2 atom stereocenters. The van der Waals surface area contributed by atoms with Crippen LogP contribution >= 0.6 is 0 Å². The lowest BCUT2D eigenvalue weighted by molar-refractivity contribution is -0.139. The predicted octanol–water partition coefficient (Wildman–Crippen LogP) is -0.535. The lowest BCUT2D eigenvalue weighted by Crippen LogP contribution is -2.62. The number of carbonyl (C=O) groups excluding carboxylic acids is 4. The monoisotopic (exact) mass is 388 g/mol. The van der Waals surface area contributed by atoms with E-state index in [2.05, 4.69) is 21.3 Å². The number of rotatable bonds is 6. The average Bonchev–Trinajstić information content (AvgIpc) is 2.81. The van der Waals surface area contributed by atoms with Gasteiger partial charge in [-0.05, 0) is 18.4 Å². The maximum Gasteiger partial charge on any atom is 0.408 e. The molecule has 3 amide bonds. The standard InChI is InChI=1S/C19H24N4O5/c24-16-14(7-4-8-21-18(16)26)22-17(25)15(13-9-20-10-13)23-19(27)28-11-12-5-2-1-3-6-12/h1-3,5-6,13-15,20H,4,7-11H2,(H,21,26)(H,22,25)(H,23,27). The molecule has 2 aliphatic rings. The molecule has 4 N–H and O–H groups in total. The number of nitrogens with one attached hydrogen (secondary N) is 4. The summed E-state index contributed by atoms with van der Waals surface area (Å²) in [5, 5.41) is 10.8. The van der Waals surface area contributed by atoms with Crippen molar-refractivity contribution in [3.63, 3.8) is 0 Å². The molecule has 0 spiro atoms. The Bertz CT molecular complexity index is 735. The van der Waals surface area contributed by atoms with E-state index in [9.17, 15) is 19.2 Å². The summed E-state index contributed by atoms with van der Waals surface area (Å²) >= 11 is 0. The van der Waals surface area contributed by atoms with Gasteiger partial charge in [-0.15, -0.1) is 0 Å². The summed E-state index contributed by atoms with van der Waals surface area (Å²) in [6.45, 7) is 1.62. The second-order valence-electron chi connectivity index (χ2n) is 6.93. The van der Waals surface area contributed by atoms with Crippen molar-refractivity contribution in [3.05, 3.63) is 35.9 Å². The van der Waals surface area contributed by atoms with Crippen molar-refractivity contribution in [2.24, 2.45) is 5.92 Å². The summed E-state index contributed by atoms with van der Waals surface area (Å²) in [6.07, 6.45) is 0.253. The first-order valence-corrected chi connectivity index (χ1v) is 9.35. The van der Waals surface area contributed by atoms with Crippen LogP contribution in [0, 0.1) is 5.92 Å². The van der Waals surface area contributed by atoms with E-state index in [1.165, 1.54) is 0 Å². The number of amides is 3. The highest BCUT2D eigenvalue weighted by Gasteiger charge is 2.37. The maximum atomic E-state index is 12.7. The first-order chi connectivity index (χ1) is 13.5. The second kappa shape index (κ2) is 9.32. The summed E-state index contributed by atoms with van der Waals surface area (Å²) in [5.41, 5.74) is 0.832. The molecule has 9 heteroatoms. The van der Waals surface area contributed by atoms with Crippen molar-refractivity contribution >= 4 is 23.7 Å². The molecular formula is C19H24N4O5. The van der Waals surface area contributed by atoms with E-state index in [4.69, 9.17) is 4.74 Å². The molecule has 9 nitrogen and oxygen atoms in total. The molecule has 2 heterocycles. The van der Waals surface area contributed by atoms with Gasteiger partial charge >= 0.3 is 6.09 Å². The minimum absolute atomic E-state index is 0.0885. The maximum absolute atomic E-state index is 12.7. The van der Waals surface area contributed by atoms with Crippen molar-refractivity contribution in [3.8, 4) is 0 Å². The molecule has 0 aromatic heterocycles. The molecule has 0 aliphatic carbocycles. The topological polar surface area (TPSA) is 126 Å². The Labute approximate surface area is 162 Å². The van der Waals surface area contributed by atoms with Crippen LogP contribution < -0.4 is 21.3 Å². The van der Waals surface area contributed by atoms with E-state index < -0.39 is 35.8 Å². The van der Waals surface area contributed by atoms with Gasteiger partial charge in [0.25, 0.3) is 5.91 Å². The van der Waals surface area contributed by atoms with Gasteiger partial charge < -0.3 is 26.0 Å². The van der Waals surface area contributed by atoms with Gasteiger partial charge in [-0.25, -0.2) is 4.79 Å². The van der Waals surface area contributed by atoms with Gasteiger partial charge in [0.05, 0.1) is 6.04 Å². The Morgan fingerprint density at radius 2 is 1.93 bits per heavy atom. The van der Waals surface area contributed by atoms with E-state index in [-0.39, 0.29) is 12.5 Å². The molecule has 1 aromatic rings. The van der Waals surface area contributed by atoms with Crippen molar-refractivity contribution in [2.75, 3.05) is 19.6 Å². The van der Waals surface area contributed by atoms with Crippen LogP contribution in [0.3, 0.4) is 0 Å². The van der Waals surface area contributed by atoms with E-state index in [0.717, 1.165) is 5.56 Å². The van der Waals surface area contributed by atoms with Gasteiger partial charge in [0.15, 0.2) is 0 Å². The first-order valence-electron chi connectivity index (χ1n) is 9.35. The number of hydrogen-bond acceptors (Lipinski definition) is 6. The fourth-order valence-electron chi connectivity index (χ4n) is 3.12. The Morgan fingerprint density at radius 3 is 2.61 bits per heavy atom.